The standard InChI is InChI=1S/C19H18O4S2/c1-11(19(21)22)14-9-13-7-8-24-18(13)16(10-14)17(20)12-3-5-15(6-4-12)25(2)23/h3-6,9-11H,7-8H2,1-2H3,(H,21,22). The monoisotopic (exact) mass is 374 g/mol. The largest absolute Gasteiger partial charge is 0.612 e. The highest BCUT2D eigenvalue weighted by atomic mass is 32.2. The van der Waals surface area contributed by atoms with Crippen LogP contribution in [0.25, 0.3) is 0 Å². The number of aliphatic carboxylic acids is 1. The number of benzene rings is 2. The van der Waals surface area contributed by atoms with Gasteiger partial charge in [-0.2, -0.15) is 0 Å². The van der Waals surface area contributed by atoms with Crippen molar-refractivity contribution in [3.63, 3.8) is 0 Å². The summed E-state index contributed by atoms with van der Waals surface area (Å²) in [6.45, 7) is 1.63. The molecule has 2 atom stereocenters. The Morgan fingerprint density at radius 3 is 2.52 bits per heavy atom. The Labute approximate surface area is 153 Å². The zero-order valence-corrected chi connectivity index (χ0v) is 15.6. The summed E-state index contributed by atoms with van der Waals surface area (Å²) in [4.78, 5) is 26.0. The van der Waals surface area contributed by atoms with Crippen LogP contribution in [0.15, 0.2) is 46.2 Å². The minimum absolute atomic E-state index is 0.126. The zero-order valence-electron chi connectivity index (χ0n) is 13.9. The molecule has 6 heteroatoms. The van der Waals surface area contributed by atoms with E-state index < -0.39 is 23.1 Å². The highest BCUT2D eigenvalue weighted by molar-refractivity contribution is 7.99. The number of carbonyl (C=O) groups excluding carboxylic acids is 1. The van der Waals surface area contributed by atoms with Gasteiger partial charge in [-0.25, -0.2) is 0 Å². The van der Waals surface area contributed by atoms with Gasteiger partial charge < -0.3 is 9.66 Å². The Kier molecular flexibility index (Phi) is 5.22. The van der Waals surface area contributed by atoms with Gasteiger partial charge >= 0.3 is 5.97 Å². The summed E-state index contributed by atoms with van der Waals surface area (Å²) in [5, 5.41) is 9.29. The van der Waals surface area contributed by atoms with Crippen molar-refractivity contribution in [2.24, 2.45) is 0 Å². The van der Waals surface area contributed by atoms with Crippen LogP contribution < -0.4 is 0 Å². The first-order chi connectivity index (χ1) is 11.9. The summed E-state index contributed by atoms with van der Waals surface area (Å²) in [5.74, 6) is -0.793. The van der Waals surface area contributed by atoms with E-state index in [-0.39, 0.29) is 5.78 Å². The summed E-state index contributed by atoms with van der Waals surface area (Å²) in [7, 11) is 0. The number of fused-ring (bicyclic) bond motifs is 1. The van der Waals surface area contributed by atoms with Gasteiger partial charge in [0.2, 0.25) is 0 Å². The average Bonchev–Trinajstić information content (AvgIpc) is 3.08. The molecule has 0 saturated heterocycles. The van der Waals surface area contributed by atoms with E-state index in [4.69, 9.17) is 0 Å². The minimum atomic E-state index is -1.09. The Morgan fingerprint density at radius 1 is 1.24 bits per heavy atom. The van der Waals surface area contributed by atoms with Crippen LogP contribution in [-0.2, 0) is 22.4 Å². The molecule has 130 valence electrons. The number of hydrogen-bond acceptors (Lipinski definition) is 4. The van der Waals surface area contributed by atoms with Crippen molar-refractivity contribution < 1.29 is 19.2 Å². The lowest BCUT2D eigenvalue weighted by atomic mass is 9.92. The van der Waals surface area contributed by atoms with Crippen molar-refractivity contribution in [1.82, 2.24) is 0 Å². The Hall–Kier alpha value is -1.76. The third kappa shape index (κ3) is 3.61. The van der Waals surface area contributed by atoms with E-state index >= 15 is 0 Å². The van der Waals surface area contributed by atoms with Crippen molar-refractivity contribution in [1.29, 1.82) is 0 Å². The molecular weight excluding hydrogens is 356 g/mol. The predicted octanol–water partition coefficient (Wildman–Crippen LogP) is 3.49. The van der Waals surface area contributed by atoms with Gasteiger partial charge in [0.15, 0.2) is 10.7 Å². The molecule has 25 heavy (non-hydrogen) atoms. The van der Waals surface area contributed by atoms with Crippen molar-refractivity contribution in [3.8, 4) is 0 Å². The van der Waals surface area contributed by atoms with Crippen molar-refractivity contribution in [3.05, 3.63) is 58.7 Å². The highest BCUT2D eigenvalue weighted by Gasteiger charge is 2.25. The number of aryl methyl sites for hydroxylation is 1. The summed E-state index contributed by atoms with van der Waals surface area (Å²) in [5.41, 5.74) is 2.78. The molecule has 3 rings (SSSR count). The van der Waals surface area contributed by atoms with E-state index in [2.05, 4.69) is 0 Å². The van der Waals surface area contributed by atoms with Crippen LogP contribution >= 0.6 is 11.8 Å². The van der Waals surface area contributed by atoms with Crippen LogP contribution in [0.1, 0.15) is 39.9 Å². The van der Waals surface area contributed by atoms with Gasteiger partial charge in [-0.05, 0) is 66.0 Å². The number of ketones is 1. The number of carboxylic acid groups (broad SMARTS) is 1. The molecule has 1 heterocycles. The maximum Gasteiger partial charge on any atom is 0.310 e. The molecule has 0 fully saturated rings. The number of rotatable bonds is 5. The topological polar surface area (TPSA) is 77.4 Å². The second-order valence-corrected chi connectivity index (χ2v) is 8.51. The molecule has 0 aromatic heterocycles. The number of thioether (sulfide) groups is 1. The first-order valence-corrected chi connectivity index (χ1v) is 10.4. The summed E-state index contributed by atoms with van der Waals surface area (Å²) >= 11 is 0.547. The van der Waals surface area contributed by atoms with Gasteiger partial charge in [-0.3, -0.25) is 9.59 Å². The molecule has 0 radical (unpaired) electrons. The van der Waals surface area contributed by atoms with Crippen LogP contribution in [0.5, 0.6) is 0 Å². The van der Waals surface area contributed by atoms with Crippen molar-refractivity contribution >= 4 is 34.7 Å². The molecule has 0 bridgehead atoms. The molecular formula is C19H18O4S2. The molecule has 4 nitrogen and oxygen atoms in total. The van der Waals surface area contributed by atoms with E-state index in [0.717, 1.165) is 22.6 Å². The minimum Gasteiger partial charge on any atom is -0.612 e. The molecule has 2 aromatic carbocycles. The van der Waals surface area contributed by atoms with E-state index in [9.17, 15) is 19.2 Å². The van der Waals surface area contributed by atoms with Gasteiger partial charge in [-0.15, -0.1) is 11.8 Å². The van der Waals surface area contributed by atoms with Crippen LogP contribution in [-0.4, -0.2) is 33.4 Å². The maximum atomic E-state index is 13.0. The molecule has 1 aliphatic rings. The third-order valence-corrected chi connectivity index (χ3v) is 6.48. The van der Waals surface area contributed by atoms with Crippen LogP contribution in [0.3, 0.4) is 0 Å². The lowest BCUT2D eigenvalue weighted by Gasteiger charge is -2.13. The zero-order chi connectivity index (χ0) is 18.1. The normalized spacial score (nSPS) is 15.5. The van der Waals surface area contributed by atoms with E-state index in [0.29, 0.717) is 21.6 Å². The van der Waals surface area contributed by atoms with Gasteiger partial charge in [0.1, 0.15) is 6.26 Å². The fraction of sp³-hybridized carbons (Fsp3) is 0.263. The SMILES string of the molecule is CC(C(=O)O)c1cc2c(c(C(=O)c3ccc([S+](C)[O-])cc3)c1)SCC2. The van der Waals surface area contributed by atoms with Crippen LogP contribution in [0, 0.1) is 0 Å². The molecule has 0 saturated carbocycles. The Balaban J connectivity index is 2.03. The third-order valence-electron chi connectivity index (χ3n) is 4.37. The molecule has 2 unspecified atom stereocenters. The summed E-state index contributed by atoms with van der Waals surface area (Å²) < 4.78 is 11.5. The quantitative estimate of drug-likeness (QED) is 0.640. The van der Waals surface area contributed by atoms with Crippen LogP contribution in [0.4, 0.5) is 0 Å². The first kappa shape index (κ1) is 18.0. The van der Waals surface area contributed by atoms with Gasteiger partial charge in [0.05, 0.1) is 5.92 Å². The Bertz CT molecular complexity index is 828. The first-order valence-electron chi connectivity index (χ1n) is 7.89. The fourth-order valence-corrected chi connectivity index (χ4v) is 4.55. The smallest absolute Gasteiger partial charge is 0.310 e. The summed E-state index contributed by atoms with van der Waals surface area (Å²) in [6, 6.07) is 10.4. The maximum absolute atomic E-state index is 13.0. The fourth-order valence-electron chi connectivity index (χ4n) is 2.85. The van der Waals surface area contributed by atoms with Gasteiger partial charge in [0.25, 0.3) is 0 Å². The highest BCUT2D eigenvalue weighted by Crippen LogP contribution is 2.38. The molecule has 0 spiro atoms. The lowest BCUT2D eigenvalue weighted by Crippen LogP contribution is -2.11. The van der Waals surface area contributed by atoms with Crippen LogP contribution in [0.2, 0.25) is 0 Å². The molecule has 1 aliphatic heterocycles. The van der Waals surface area contributed by atoms with Gasteiger partial charge in [-0.1, -0.05) is 6.07 Å². The van der Waals surface area contributed by atoms with E-state index in [1.165, 1.54) is 0 Å². The average molecular weight is 374 g/mol. The molecule has 1 N–H and O–H groups in total. The number of carboxylic acids is 1. The molecule has 0 amide bonds. The summed E-state index contributed by atoms with van der Waals surface area (Å²) in [6.07, 6.45) is 2.44. The van der Waals surface area contributed by atoms with Crippen molar-refractivity contribution in [2.45, 2.75) is 29.1 Å². The van der Waals surface area contributed by atoms with E-state index in [1.54, 1.807) is 55.3 Å². The van der Waals surface area contributed by atoms with E-state index in [1.807, 2.05) is 6.07 Å². The predicted molar refractivity (Wildman–Crippen MR) is 99.1 cm³/mol. The lowest BCUT2D eigenvalue weighted by molar-refractivity contribution is -0.138. The molecule has 0 aliphatic carbocycles. The number of carbonyl (C=O) groups is 2. The second kappa shape index (κ2) is 7.23. The van der Waals surface area contributed by atoms with Crippen molar-refractivity contribution in [2.75, 3.05) is 12.0 Å². The van der Waals surface area contributed by atoms with Gasteiger partial charge in [0, 0.05) is 21.8 Å². The Morgan fingerprint density at radius 2 is 1.92 bits per heavy atom. The molecule has 2 aromatic rings. The second-order valence-electron chi connectivity index (χ2n) is 6.02. The number of hydrogen-bond donors (Lipinski definition) is 1.